The van der Waals surface area contributed by atoms with Gasteiger partial charge in [0.1, 0.15) is 0 Å². The van der Waals surface area contributed by atoms with Gasteiger partial charge in [-0.15, -0.1) is 5.10 Å². The molecule has 0 bridgehead atoms. The van der Waals surface area contributed by atoms with Gasteiger partial charge >= 0.3 is 0 Å². The van der Waals surface area contributed by atoms with E-state index >= 15 is 0 Å². The van der Waals surface area contributed by atoms with Crippen LogP contribution in [-0.2, 0) is 0 Å². The van der Waals surface area contributed by atoms with Gasteiger partial charge in [-0.25, -0.2) is 0 Å². The summed E-state index contributed by atoms with van der Waals surface area (Å²) in [6.07, 6.45) is 0. The van der Waals surface area contributed by atoms with Gasteiger partial charge in [-0.3, -0.25) is 4.79 Å². The summed E-state index contributed by atoms with van der Waals surface area (Å²) in [5, 5.41) is 12.5. The molecule has 6 heteroatoms. The Bertz CT molecular complexity index is 830. The maximum Gasteiger partial charge on any atom is 0.214 e. The number of rotatable bonds is 5. The molecule has 0 saturated carbocycles. The Kier molecular flexibility index (Phi) is 4.52. The molecule has 0 aliphatic heterocycles. The van der Waals surface area contributed by atoms with Crippen LogP contribution >= 0.6 is 11.8 Å². The van der Waals surface area contributed by atoms with E-state index in [0.717, 1.165) is 11.3 Å². The summed E-state index contributed by atoms with van der Waals surface area (Å²) in [6, 6.07) is 15.2. The molecule has 2 aromatic carbocycles. The Morgan fingerprint density at radius 2 is 1.87 bits per heavy atom. The van der Waals surface area contributed by atoms with Crippen LogP contribution in [0.1, 0.15) is 21.5 Å². The molecule has 0 fully saturated rings. The van der Waals surface area contributed by atoms with Gasteiger partial charge in [0.15, 0.2) is 5.78 Å². The van der Waals surface area contributed by atoms with Crippen molar-refractivity contribution in [2.75, 3.05) is 5.75 Å². The van der Waals surface area contributed by atoms with E-state index in [0.29, 0.717) is 16.5 Å². The van der Waals surface area contributed by atoms with Gasteiger partial charge in [0, 0.05) is 5.56 Å². The van der Waals surface area contributed by atoms with Crippen molar-refractivity contribution in [2.45, 2.75) is 19.0 Å². The second kappa shape index (κ2) is 6.75. The number of benzene rings is 2. The Hall–Kier alpha value is -2.47. The third kappa shape index (κ3) is 3.32. The zero-order valence-corrected chi connectivity index (χ0v) is 13.7. The van der Waals surface area contributed by atoms with Crippen LogP contribution in [0.4, 0.5) is 0 Å². The fraction of sp³-hybridized carbons (Fsp3) is 0.176. The van der Waals surface area contributed by atoms with Crippen LogP contribution in [0.2, 0.25) is 0 Å². The summed E-state index contributed by atoms with van der Waals surface area (Å²) >= 11 is 1.34. The average Bonchev–Trinajstić information content (AvgIpc) is 3.04. The van der Waals surface area contributed by atoms with Gasteiger partial charge in [0.25, 0.3) is 0 Å². The van der Waals surface area contributed by atoms with Gasteiger partial charge in [0.2, 0.25) is 5.16 Å². The van der Waals surface area contributed by atoms with E-state index in [1.807, 2.05) is 49.4 Å². The topological polar surface area (TPSA) is 60.7 Å². The molecule has 0 saturated heterocycles. The zero-order chi connectivity index (χ0) is 16.2. The van der Waals surface area contributed by atoms with Crippen molar-refractivity contribution < 1.29 is 4.79 Å². The number of aryl methyl sites for hydroxylation is 1. The third-order valence-corrected chi connectivity index (χ3v) is 4.59. The monoisotopic (exact) mass is 324 g/mol. The molecule has 0 N–H and O–H groups in total. The molecule has 0 spiro atoms. The number of Topliss-reactive ketones (excluding diaryl/α,β-unsaturated/α-hetero) is 1. The minimum Gasteiger partial charge on any atom is -0.293 e. The highest BCUT2D eigenvalue weighted by Crippen LogP contribution is 2.22. The molecule has 1 heterocycles. The van der Waals surface area contributed by atoms with E-state index in [1.165, 1.54) is 17.3 Å². The summed E-state index contributed by atoms with van der Waals surface area (Å²) in [6.45, 7) is 4.09. The van der Waals surface area contributed by atoms with Crippen LogP contribution in [0, 0.1) is 13.8 Å². The summed E-state index contributed by atoms with van der Waals surface area (Å²) in [7, 11) is 0. The predicted molar refractivity (Wildman–Crippen MR) is 90.1 cm³/mol. The lowest BCUT2D eigenvalue weighted by atomic mass is 10.1. The predicted octanol–water partition coefficient (Wildman–Crippen LogP) is 3.25. The van der Waals surface area contributed by atoms with E-state index in [-0.39, 0.29) is 5.78 Å². The Morgan fingerprint density at radius 1 is 1.09 bits per heavy atom. The number of hydrogen-bond acceptors (Lipinski definition) is 5. The fourth-order valence-electron chi connectivity index (χ4n) is 2.22. The summed E-state index contributed by atoms with van der Waals surface area (Å²) in [5.74, 6) is 0.362. The molecule has 0 amide bonds. The van der Waals surface area contributed by atoms with Crippen LogP contribution in [0.3, 0.4) is 0 Å². The van der Waals surface area contributed by atoms with Crippen LogP contribution in [0.15, 0.2) is 53.7 Å². The van der Waals surface area contributed by atoms with Crippen molar-refractivity contribution in [3.05, 3.63) is 65.2 Å². The minimum absolute atomic E-state index is 0.0612. The lowest BCUT2D eigenvalue weighted by Crippen LogP contribution is -2.06. The number of aromatic nitrogens is 4. The number of nitrogens with zero attached hydrogens (tertiary/aromatic N) is 4. The first kappa shape index (κ1) is 15.4. The molecule has 3 aromatic rings. The third-order valence-electron chi connectivity index (χ3n) is 3.67. The molecule has 3 rings (SSSR count). The molecule has 0 atom stereocenters. The van der Waals surface area contributed by atoms with Crippen LogP contribution < -0.4 is 0 Å². The highest BCUT2D eigenvalue weighted by Gasteiger charge is 2.14. The molecular weight excluding hydrogens is 308 g/mol. The quantitative estimate of drug-likeness (QED) is 0.532. The van der Waals surface area contributed by atoms with Gasteiger partial charge in [-0.2, -0.15) is 4.68 Å². The molecule has 116 valence electrons. The van der Waals surface area contributed by atoms with Crippen molar-refractivity contribution in [3.8, 4) is 5.69 Å². The SMILES string of the molecule is Cc1cccc(-n2nnnc2SCC(=O)c2ccccc2)c1C. The van der Waals surface area contributed by atoms with Crippen LogP contribution in [0.5, 0.6) is 0 Å². The fourth-order valence-corrected chi connectivity index (χ4v) is 3.00. The van der Waals surface area contributed by atoms with Crippen LogP contribution in [-0.4, -0.2) is 31.7 Å². The molecule has 0 aliphatic carbocycles. The summed E-state index contributed by atoms with van der Waals surface area (Å²) in [4.78, 5) is 12.2. The highest BCUT2D eigenvalue weighted by atomic mass is 32.2. The van der Waals surface area contributed by atoms with Gasteiger partial charge in [0.05, 0.1) is 11.4 Å². The summed E-state index contributed by atoms with van der Waals surface area (Å²) < 4.78 is 1.69. The highest BCUT2D eigenvalue weighted by molar-refractivity contribution is 7.99. The Morgan fingerprint density at radius 3 is 2.65 bits per heavy atom. The molecular formula is C17H16N4OS. The lowest BCUT2D eigenvalue weighted by molar-refractivity contribution is 0.102. The van der Waals surface area contributed by atoms with Crippen molar-refractivity contribution in [3.63, 3.8) is 0 Å². The maximum absolute atomic E-state index is 12.2. The Balaban J connectivity index is 1.79. The van der Waals surface area contributed by atoms with Crippen LogP contribution in [0.25, 0.3) is 5.69 Å². The first-order valence-corrected chi connectivity index (χ1v) is 8.21. The second-order valence-corrected chi connectivity index (χ2v) is 6.11. The molecule has 0 unspecified atom stereocenters. The van der Waals surface area contributed by atoms with E-state index in [1.54, 1.807) is 4.68 Å². The number of thioether (sulfide) groups is 1. The van der Waals surface area contributed by atoms with Gasteiger partial charge in [-0.1, -0.05) is 54.2 Å². The number of ketones is 1. The molecule has 0 aliphatic rings. The van der Waals surface area contributed by atoms with Crippen molar-refractivity contribution in [1.29, 1.82) is 0 Å². The number of carbonyl (C=O) groups is 1. The second-order valence-electron chi connectivity index (χ2n) is 5.17. The molecule has 1 aromatic heterocycles. The minimum atomic E-state index is 0.0612. The standard InChI is InChI=1S/C17H16N4OS/c1-12-7-6-10-15(13(12)2)21-17(18-19-20-21)23-11-16(22)14-8-4-3-5-9-14/h3-10H,11H2,1-2H3. The van der Waals surface area contributed by atoms with Gasteiger partial charge < -0.3 is 0 Å². The van der Waals surface area contributed by atoms with Crippen molar-refractivity contribution in [1.82, 2.24) is 20.2 Å². The van der Waals surface area contributed by atoms with E-state index in [9.17, 15) is 4.79 Å². The number of hydrogen-bond donors (Lipinski definition) is 0. The van der Waals surface area contributed by atoms with Crippen molar-refractivity contribution in [2.24, 2.45) is 0 Å². The number of carbonyl (C=O) groups excluding carboxylic acids is 1. The van der Waals surface area contributed by atoms with E-state index in [2.05, 4.69) is 28.5 Å². The molecule has 5 nitrogen and oxygen atoms in total. The van der Waals surface area contributed by atoms with Gasteiger partial charge in [-0.05, 0) is 41.5 Å². The average molecular weight is 324 g/mol. The normalized spacial score (nSPS) is 10.7. The number of tetrazole rings is 1. The largest absolute Gasteiger partial charge is 0.293 e. The molecule has 0 radical (unpaired) electrons. The van der Waals surface area contributed by atoms with E-state index < -0.39 is 0 Å². The molecule has 23 heavy (non-hydrogen) atoms. The smallest absolute Gasteiger partial charge is 0.214 e. The first-order chi connectivity index (χ1) is 11.2. The van der Waals surface area contributed by atoms with Crippen molar-refractivity contribution >= 4 is 17.5 Å². The Labute approximate surface area is 138 Å². The van der Waals surface area contributed by atoms with E-state index in [4.69, 9.17) is 0 Å². The first-order valence-electron chi connectivity index (χ1n) is 7.23. The summed E-state index contributed by atoms with van der Waals surface area (Å²) in [5.41, 5.74) is 3.93. The maximum atomic E-state index is 12.2. The zero-order valence-electron chi connectivity index (χ0n) is 12.9. The lowest BCUT2D eigenvalue weighted by Gasteiger charge is -2.09.